The van der Waals surface area contributed by atoms with E-state index in [0.29, 0.717) is 12.1 Å². The Morgan fingerprint density at radius 1 is 1.50 bits per heavy atom. The van der Waals surface area contributed by atoms with E-state index in [0.717, 1.165) is 19.4 Å². The van der Waals surface area contributed by atoms with E-state index in [-0.39, 0.29) is 0 Å². The van der Waals surface area contributed by atoms with E-state index in [1.807, 2.05) is 0 Å². The number of hydrogen-bond acceptors (Lipinski definition) is 2. The van der Waals surface area contributed by atoms with Gasteiger partial charge in [-0.15, -0.1) is 0 Å². The number of hydrogen-bond donors (Lipinski definition) is 1. The quantitative estimate of drug-likeness (QED) is 0.702. The maximum absolute atomic E-state index is 5.94. The van der Waals surface area contributed by atoms with Crippen LogP contribution in [-0.2, 0) is 4.74 Å². The summed E-state index contributed by atoms with van der Waals surface area (Å²) in [6.07, 6.45) is 7.63. The fourth-order valence-corrected chi connectivity index (χ4v) is 1.82. The highest BCUT2D eigenvalue weighted by Gasteiger charge is 2.16. The fourth-order valence-electron chi connectivity index (χ4n) is 1.82. The van der Waals surface area contributed by atoms with Crippen molar-refractivity contribution in [2.45, 2.75) is 57.6 Å². The van der Waals surface area contributed by atoms with Crippen molar-refractivity contribution in [1.29, 1.82) is 0 Å². The van der Waals surface area contributed by atoms with Crippen LogP contribution in [0.1, 0.15) is 45.4 Å². The van der Waals surface area contributed by atoms with Gasteiger partial charge in [0, 0.05) is 12.6 Å². The molecule has 72 valence electrons. The van der Waals surface area contributed by atoms with Gasteiger partial charge in [-0.25, -0.2) is 0 Å². The Balaban J connectivity index is 2.11. The van der Waals surface area contributed by atoms with Gasteiger partial charge in [0.1, 0.15) is 0 Å². The summed E-state index contributed by atoms with van der Waals surface area (Å²) in [4.78, 5) is 0. The van der Waals surface area contributed by atoms with Crippen LogP contribution in [0, 0.1) is 0 Å². The van der Waals surface area contributed by atoms with E-state index in [4.69, 9.17) is 10.5 Å². The highest BCUT2D eigenvalue weighted by Crippen LogP contribution is 2.17. The van der Waals surface area contributed by atoms with Gasteiger partial charge in [0.05, 0.1) is 6.10 Å². The first-order valence-corrected chi connectivity index (χ1v) is 5.20. The molecule has 1 aliphatic heterocycles. The van der Waals surface area contributed by atoms with Crippen molar-refractivity contribution in [2.75, 3.05) is 6.61 Å². The monoisotopic (exact) mass is 171 g/mol. The molecule has 2 atom stereocenters. The molecule has 0 aliphatic carbocycles. The van der Waals surface area contributed by atoms with Crippen LogP contribution in [0.4, 0.5) is 0 Å². The summed E-state index contributed by atoms with van der Waals surface area (Å²) in [6, 6.07) is 0.359. The average molecular weight is 171 g/mol. The highest BCUT2D eigenvalue weighted by molar-refractivity contribution is 4.70. The van der Waals surface area contributed by atoms with Crippen molar-refractivity contribution in [3.8, 4) is 0 Å². The summed E-state index contributed by atoms with van der Waals surface area (Å²) < 4.78 is 5.61. The van der Waals surface area contributed by atoms with Crippen LogP contribution < -0.4 is 5.73 Å². The zero-order valence-electron chi connectivity index (χ0n) is 8.09. The molecular weight excluding hydrogens is 150 g/mol. The van der Waals surface area contributed by atoms with Crippen LogP contribution in [-0.4, -0.2) is 18.8 Å². The van der Waals surface area contributed by atoms with Gasteiger partial charge in [0.15, 0.2) is 0 Å². The Morgan fingerprint density at radius 2 is 2.33 bits per heavy atom. The molecule has 0 aromatic rings. The first-order chi connectivity index (χ1) is 5.83. The zero-order valence-corrected chi connectivity index (χ0v) is 8.09. The molecule has 12 heavy (non-hydrogen) atoms. The largest absolute Gasteiger partial charge is 0.378 e. The minimum absolute atomic E-state index is 0.359. The minimum Gasteiger partial charge on any atom is -0.378 e. The molecule has 0 radical (unpaired) electrons. The van der Waals surface area contributed by atoms with Crippen molar-refractivity contribution < 1.29 is 4.74 Å². The zero-order chi connectivity index (χ0) is 8.81. The Labute approximate surface area is 75.5 Å². The molecule has 2 unspecified atom stereocenters. The molecule has 0 bridgehead atoms. The lowest BCUT2D eigenvalue weighted by Crippen LogP contribution is -2.29. The van der Waals surface area contributed by atoms with Crippen LogP contribution in [0.25, 0.3) is 0 Å². The lowest BCUT2D eigenvalue weighted by molar-refractivity contribution is 0.00699. The van der Waals surface area contributed by atoms with Crippen LogP contribution in [0.2, 0.25) is 0 Å². The summed E-state index contributed by atoms with van der Waals surface area (Å²) in [7, 11) is 0. The summed E-state index contributed by atoms with van der Waals surface area (Å²) in [6.45, 7) is 3.13. The Hall–Kier alpha value is -0.0800. The van der Waals surface area contributed by atoms with Crippen molar-refractivity contribution in [2.24, 2.45) is 5.73 Å². The normalized spacial score (nSPS) is 27.0. The number of ether oxygens (including phenoxy) is 1. The molecular formula is C10H21NO. The third kappa shape index (κ3) is 3.55. The summed E-state index contributed by atoms with van der Waals surface area (Å²) in [5.41, 5.74) is 5.94. The fraction of sp³-hybridized carbons (Fsp3) is 1.00. The third-order valence-corrected chi connectivity index (χ3v) is 2.50. The first kappa shape index (κ1) is 10.0. The van der Waals surface area contributed by atoms with Gasteiger partial charge in [-0.1, -0.05) is 13.3 Å². The highest BCUT2D eigenvalue weighted by atomic mass is 16.5. The second-order valence-electron chi connectivity index (χ2n) is 3.77. The second-order valence-corrected chi connectivity index (χ2v) is 3.77. The van der Waals surface area contributed by atoms with Crippen molar-refractivity contribution in [1.82, 2.24) is 0 Å². The van der Waals surface area contributed by atoms with E-state index in [1.165, 1.54) is 25.7 Å². The van der Waals surface area contributed by atoms with Crippen molar-refractivity contribution >= 4 is 0 Å². The molecule has 0 spiro atoms. The molecule has 1 rings (SSSR count). The van der Waals surface area contributed by atoms with Crippen molar-refractivity contribution in [3.05, 3.63) is 0 Å². The SMILES string of the molecule is CCCC(N)CC1CCCCO1. The van der Waals surface area contributed by atoms with E-state index in [1.54, 1.807) is 0 Å². The number of nitrogens with two attached hydrogens (primary N) is 1. The summed E-state index contributed by atoms with van der Waals surface area (Å²) >= 11 is 0. The topological polar surface area (TPSA) is 35.2 Å². The van der Waals surface area contributed by atoms with Gasteiger partial charge in [-0.2, -0.15) is 0 Å². The van der Waals surface area contributed by atoms with E-state index in [9.17, 15) is 0 Å². The lowest BCUT2D eigenvalue weighted by Gasteiger charge is -2.24. The second kappa shape index (κ2) is 5.55. The van der Waals surface area contributed by atoms with E-state index < -0.39 is 0 Å². The van der Waals surface area contributed by atoms with Crippen LogP contribution >= 0.6 is 0 Å². The first-order valence-electron chi connectivity index (χ1n) is 5.20. The van der Waals surface area contributed by atoms with Crippen LogP contribution in [0.15, 0.2) is 0 Å². The summed E-state index contributed by atoms with van der Waals surface area (Å²) in [5.74, 6) is 0. The van der Waals surface area contributed by atoms with Gasteiger partial charge in [-0.3, -0.25) is 0 Å². The van der Waals surface area contributed by atoms with Gasteiger partial charge >= 0.3 is 0 Å². The molecule has 1 fully saturated rings. The Morgan fingerprint density at radius 3 is 2.92 bits per heavy atom. The maximum Gasteiger partial charge on any atom is 0.0589 e. The molecule has 0 aromatic carbocycles. The molecule has 1 heterocycles. The average Bonchev–Trinajstić information content (AvgIpc) is 2.06. The molecule has 1 aliphatic rings. The molecule has 1 saturated heterocycles. The molecule has 0 amide bonds. The van der Waals surface area contributed by atoms with Crippen LogP contribution in [0.3, 0.4) is 0 Å². The molecule has 2 nitrogen and oxygen atoms in total. The Kier molecular flexibility index (Phi) is 4.62. The third-order valence-electron chi connectivity index (χ3n) is 2.50. The van der Waals surface area contributed by atoms with Gasteiger partial charge < -0.3 is 10.5 Å². The van der Waals surface area contributed by atoms with Gasteiger partial charge in [0.25, 0.3) is 0 Å². The maximum atomic E-state index is 5.94. The Bertz CT molecular complexity index is 110. The molecule has 2 heteroatoms. The minimum atomic E-state index is 0.359. The van der Waals surface area contributed by atoms with Crippen molar-refractivity contribution in [3.63, 3.8) is 0 Å². The molecule has 2 N–H and O–H groups in total. The lowest BCUT2D eigenvalue weighted by atomic mass is 10.00. The predicted octanol–water partition coefficient (Wildman–Crippen LogP) is 2.07. The van der Waals surface area contributed by atoms with Gasteiger partial charge in [-0.05, 0) is 32.1 Å². The van der Waals surface area contributed by atoms with E-state index >= 15 is 0 Å². The van der Waals surface area contributed by atoms with E-state index in [2.05, 4.69) is 6.92 Å². The number of rotatable bonds is 4. The summed E-state index contributed by atoms with van der Waals surface area (Å²) in [5, 5.41) is 0. The predicted molar refractivity (Wildman–Crippen MR) is 51.1 cm³/mol. The molecule has 0 saturated carbocycles. The standard InChI is InChI=1S/C10H21NO/c1-2-5-9(11)8-10-6-3-4-7-12-10/h9-10H,2-8,11H2,1H3. The molecule has 0 aromatic heterocycles. The van der Waals surface area contributed by atoms with Crippen LogP contribution in [0.5, 0.6) is 0 Å². The van der Waals surface area contributed by atoms with Gasteiger partial charge in [0.2, 0.25) is 0 Å². The smallest absolute Gasteiger partial charge is 0.0589 e.